The molecule has 0 radical (unpaired) electrons. The first-order chi connectivity index (χ1) is 14.0. The van der Waals surface area contributed by atoms with Gasteiger partial charge in [0.05, 0.1) is 0 Å². The molecular weight excluding hydrogens is 362 g/mol. The van der Waals surface area contributed by atoms with Crippen molar-refractivity contribution < 1.29 is 4.79 Å². The molecule has 148 valence electrons. The fourth-order valence-electron chi connectivity index (χ4n) is 3.99. The molecule has 0 fully saturated rings. The molecule has 0 aliphatic carbocycles. The highest BCUT2D eigenvalue weighted by Gasteiger charge is 2.23. The number of fused-ring (bicyclic) bond motifs is 1. The molecule has 1 N–H and O–H groups in total. The maximum absolute atomic E-state index is 12.9. The molecule has 2 aromatic carbocycles. The van der Waals surface area contributed by atoms with Crippen LogP contribution in [0.25, 0.3) is 11.4 Å². The van der Waals surface area contributed by atoms with E-state index >= 15 is 0 Å². The zero-order valence-electron chi connectivity index (χ0n) is 16.9. The van der Waals surface area contributed by atoms with Crippen molar-refractivity contribution in [3.63, 3.8) is 0 Å². The molecule has 0 spiro atoms. The van der Waals surface area contributed by atoms with E-state index in [2.05, 4.69) is 23.0 Å². The van der Waals surface area contributed by atoms with Crippen LogP contribution in [0.4, 0.5) is 5.69 Å². The number of hydrogen-bond acceptors (Lipinski definition) is 3. The van der Waals surface area contributed by atoms with Gasteiger partial charge in [0.15, 0.2) is 0 Å². The lowest BCUT2D eigenvalue weighted by Gasteiger charge is -2.30. The van der Waals surface area contributed by atoms with Crippen molar-refractivity contribution in [2.45, 2.75) is 39.5 Å². The summed E-state index contributed by atoms with van der Waals surface area (Å²) in [5.74, 6) is 0.615. The number of benzene rings is 2. The van der Waals surface area contributed by atoms with Crippen molar-refractivity contribution >= 4 is 11.6 Å². The van der Waals surface area contributed by atoms with Crippen LogP contribution in [0.15, 0.2) is 53.3 Å². The highest BCUT2D eigenvalue weighted by atomic mass is 16.2. The average molecular weight is 387 g/mol. The molecule has 0 saturated heterocycles. The van der Waals surface area contributed by atoms with E-state index in [9.17, 15) is 9.59 Å². The van der Waals surface area contributed by atoms with Crippen molar-refractivity contribution in [3.8, 4) is 11.4 Å². The van der Waals surface area contributed by atoms with Crippen molar-refractivity contribution in [1.82, 2.24) is 9.97 Å². The summed E-state index contributed by atoms with van der Waals surface area (Å²) in [5.41, 5.74) is 5.41. The monoisotopic (exact) mass is 387 g/mol. The molecule has 0 atom stereocenters. The molecule has 5 nitrogen and oxygen atoms in total. The molecular formula is C24H25N3O2. The van der Waals surface area contributed by atoms with Crippen molar-refractivity contribution in [3.05, 3.63) is 81.3 Å². The topological polar surface area (TPSA) is 66.1 Å². The summed E-state index contributed by atoms with van der Waals surface area (Å²) in [5, 5.41) is 0. The molecule has 1 amide bonds. The Kier molecular flexibility index (Phi) is 5.30. The number of aromatic nitrogens is 2. The van der Waals surface area contributed by atoms with Crippen LogP contribution in [0.3, 0.4) is 0 Å². The highest BCUT2D eigenvalue weighted by molar-refractivity contribution is 5.94. The second-order valence-corrected chi connectivity index (χ2v) is 7.63. The first-order valence-electron chi connectivity index (χ1n) is 10.1. The number of aryl methyl sites for hydroxylation is 3. The summed E-state index contributed by atoms with van der Waals surface area (Å²) in [7, 11) is 0. The van der Waals surface area contributed by atoms with Crippen LogP contribution < -0.4 is 10.5 Å². The molecule has 0 saturated carbocycles. The molecule has 29 heavy (non-hydrogen) atoms. The third-order valence-corrected chi connectivity index (χ3v) is 5.51. The van der Waals surface area contributed by atoms with E-state index in [-0.39, 0.29) is 11.5 Å². The van der Waals surface area contributed by atoms with Crippen LogP contribution in [0.5, 0.6) is 0 Å². The summed E-state index contributed by atoms with van der Waals surface area (Å²) in [6.45, 7) is 4.64. The lowest BCUT2D eigenvalue weighted by molar-refractivity contribution is -0.118. The van der Waals surface area contributed by atoms with E-state index in [1.54, 1.807) is 0 Å². The smallest absolute Gasteiger partial charge is 0.254 e. The van der Waals surface area contributed by atoms with E-state index in [1.165, 1.54) is 11.1 Å². The Morgan fingerprint density at radius 1 is 1.14 bits per heavy atom. The van der Waals surface area contributed by atoms with Gasteiger partial charge in [0, 0.05) is 35.5 Å². The molecule has 0 unspecified atom stereocenters. The fourth-order valence-corrected chi connectivity index (χ4v) is 3.99. The van der Waals surface area contributed by atoms with Gasteiger partial charge < -0.3 is 9.88 Å². The number of nitrogens with one attached hydrogen (secondary N) is 1. The van der Waals surface area contributed by atoms with Crippen LogP contribution in [0, 0.1) is 13.8 Å². The zero-order chi connectivity index (χ0) is 20.4. The van der Waals surface area contributed by atoms with Crippen LogP contribution >= 0.6 is 0 Å². The zero-order valence-corrected chi connectivity index (χ0v) is 16.9. The molecule has 2 heterocycles. The standard InChI is InChI=1S/C24H25N3O2/c1-16-10-12-21-19(15-16)9-6-14-27(21)22(28)13-11-20-17(2)25-23(26-24(20)29)18-7-4-3-5-8-18/h3-5,7-8,10,12,15H,6,9,11,13-14H2,1-2H3,(H,25,26,29). The van der Waals surface area contributed by atoms with E-state index < -0.39 is 0 Å². The van der Waals surface area contributed by atoms with Crippen LogP contribution in [-0.2, 0) is 17.6 Å². The van der Waals surface area contributed by atoms with Gasteiger partial charge in [-0.05, 0) is 44.7 Å². The van der Waals surface area contributed by atoms with E-state index in [1.807, 2.05) is 54.3 Å². The first-order valence-corrected chi connectivity index (χ1v) is 10.1. The average Bonchev–Trinajstić information content (AvgIpc) is 2.72. The van der Waals surface area contributed by atoms with Crippen LogP contribution in [0.1, 0.15) is 35.2 Å². The Morgan fingerprint density at radius 2 is 1.93 bits per heavy atom. The number of rotatable bonds is 4. The lowest BCUT2D eigenvalue weighted by atomic mass is 9.99. The fraction of sp³-hybridized carbons (Fsp3) is 0.292. The minimum atomic E-state index is -0.168. The third kappa shape index (κ3) is 3.99. The molecule has 3 aromatic rings. The Bertz CT molecular complexity index is 1100. The van der Waals surface area contributed by atoms with Crippen LogP contribution in [-0.4, -0.2) is 22.4 Å². The Balaban J connectivity index is 1.51. The number of carbonyl (C=O) groups excluding carboxylic acids is 1. The van der Waals surface area contributed by atoms with Gasteiger partial charge in [-0.3, -0.25) is 9.59 Å². The van der Waals surface area contributed by atoms with E-state index in [4.69, 9.17) is 0 Å². The summed E-state index contributed by atoms with van der Waals surface area (Å²) in [4.78, 5) is 34.9. The van der Waals surface area contributed by atoms with E-state index in [0.29, 0.717) is 29.9 Å². The summed E-state index contributed by atoms with van der Waals surface area (Å²) < 4.78 is 0. The van der Waals surface area contributed by atoms with Gasteiger partial charge in [-0.15, -0.1) is 0 Å². The number of aromatic amines is 1. The predicted molar refractivity (Wildman–Crippen MR) is 115 cm³/mol. The predicted octanol–water partition coefficient (Wildman–Crippen LogP) is 3.97. The molecule has 0 bridgehead atoms. The number of nitrogens with zero attached hydrogens (tertiary/aromatic N) is 2. The highest BCUT2D eigenvalue weighted by Crippen LogP contribution is 2.28. The van der Waals surface area contributed by atoms with Crippen molar-refractivity contribution in [1.29, 1.82) is 0 Å². The van der Waals surface area contributed by atoms with Gasteiger partial charge in [0.25, 0.3) is 5.56 Å². The maximum Gasteiger partial charge on any atom is 0.254 e. The molecule has 5 heteroatoms. The maximum atomic E-state index is 12.9. The molecule has 1 aliphatic rings. The lowest BCUT2D eigenvalue weighted by Crippen LogP contribution is -2.36. The molecule has 1 aliphatic heterocycles. The summed E-state index contributed by atoms with van der Waals surface area (Å²) in [6.07, 6.45) is 2.66. The minimum Gasteiger partial charge on any atom is -0.312 e. The van der Waals surface area contributed by atoms with Gasteiger partial charge in [-0.2, -0.15) is 0 Å². The van der Waals surface area contributed by atoms with Crippen molar-refractivity contribution in [2.24, 2.45) is 0 Å². The minimum absolute atomic E-state index is 0.0562. The summed E-state index contributed by atoms with van der Waals surface area (Å²) in [6, 6.07) is 15.8. The van der Waals surface area contributed by atoms with Gasteiger partial charge in [0.1, 0.15) is 5.82 Å². The normalized spacial score (nSPS) is 13.2. The van der Waals surface area contributed by atoms with Gasteiger partial charge in [-0.25, -0.2) is 4.98 Å². The first kappa shape index (κ1) is 19.1. The van der Waals surface area contributed by atoms with Crippen molar-refractivity contribution in [2.75, 3.05) is 11.4 Å². The van der Waals surface area contributed by atoms with Crippen LogP contribution in [0.2, 0.25) is 0 Å². The van der Waals surface area contributed by atoms with Gasteiger partial charge >= 0.3 is 0 Å². The Hall–Kier alpha value is -3.21. The second-order valence-electron chi connectivity index (χ2n) is 7.63. The Labute approximate surface area is 170 Å². The number of H-pyrrole nitrogens is 1. The Morgan fingerprint density at radius 3 is 2.69 bits per heavy atom. The number of amides is 1. The largest absolute Gasteiger partial charge is 0.312 e. The quantitative estimate of drug-likeness (QED) is 0.737. The van der Waals surface area contributed by atoms with E-state index in [0.717, 1.165) is 30.6 Å². The van der Waals surface area contributed by atoms with Gasteiger partial charge in [0.2, 0.25) is 5.91 Å². The second kappa shape index (κ2) is 8.03. The summed E-state index contributed by atoms with van der Waals surface area (Å²) >= 11 is 0. The SMILES string of the molecule is Cc1ccc2c(c1)CCCN2C(=O)CCc1c(C)nc(-c2ccccc2)[nH]c1=O. The third-order valence-electron chi connectivity index (χ3n) is 5.51. The number of carbonyl (C=O) groups is 1. The molecule has 1 aromatic heterocycles. The van der Waals surface area contributed by atoms with Gasteiger partial charge in [-0.1, -0.05) is 48.0 Å². The number of hydrogen-bond donors (Lipinski definition) is 1. The molecule has 4 rings (SSSR count). The number of anilines is 1.